The van der Waals surface area contributed by atoms with Gasteiger partial charge in [-0.25, -0.2) is 0 Å². The van der Waals surface area contributed by atoms with Crippen molar-refractivity contribution in [3.8, 4) is 0 Å². The van der Waals surface area contributed by atoms with Crippen LogP contribution in [0.5, 0.6) is 0 Å². The van der Waals surface area contributed by atoms with E-state index < -0.39 is 0 Å². The van der Waals surface area contributed by atoms with Crippen LogP contribution in [-0.4, -0.2) is 29.1 Å². The van der Waals surface area contributed by atoms with E-state index in [1.807, 2.05) is 0 Å². The fourth-order valence-electron chi connectivity index (χ4n) is 0.980. The van der Waals surface area contributed by atoms with Crippen molar-refractivity contribution in [1.82, 2.24) is 0 Å². The summed E-state index contributed by atoms with van der Waals surface area (Å²) in [5, 5.41) is 10.0. The lowest BCUT2D eigenvalue weighted by Gasteiger charge is -2.09. The molecule has 10 heavy (non-hydrogen) atoms. The van der Waals surface area contributed by atoms with Crippen molar-refractivity contribution in [3.63, 3.8) is 0 Å². The van der Waals surface area contributed by atoms with Crippen molar-refractivity contribution in [2.75, 3.05) is 18.9 Å². The van der Waals surface area contributed by atoms with E-state index in [0.29, 0.717) is 5.92 Å². The monoisotopic (exact) mass is 159 g/mol. The van der Waals surface area contributed by atoms with Gasteiger partial charge in [0.2, 0.25) is 0 Å². The largest absolute Gasteiger partial charge is 0.396 e. The van der Waals surface area contributed by atoms with Gasteiger partial charge in [-0.05, 0) is 6.42 Å². The van der Waals surface area contributed by atoms with Crippen LogP contribution in [0.1, 0.15) is 13.3 Å². The van der Waals surface area contributed by atoms with E-state index in [1.54, 1.807) is 11.8 Å². The minimum absolute atomic E-state index is 0.252. The number of hydrogen-bond acceptors (Lipinski definition) is 3. The molecule has 0 radical (unpaired) electrons. The Morgan fingerprint density at radius 1 is 1.80 bits per heavy atom. The summed E-state index contributed by atoms with van der Waals surface area (Å²) in [5.41, 5.74) is 0. The van der Waals surface area contributed by atoms with Gasteiger partial charge in [-0.15, -0.1) is 11.8 Å². The first kappa shape index (κ1) is 8.08. The molecule has 0 aromatic rings. The molecule has 0 fully saturated rings. The lowest BCUT2D eigenvalue weighted by atomic mass is 10.1. The third-order valence-electron chi connectivity index (χ3n) is 1.67. The number of aliphatic hydroxyl groups excluding tert-OH is 1. The molecule has 0 aliphatic carbocycles. The molecule has 1 aliphatic rings. The molecule has 1 rings (SSSR count). The number of rotatable bonds is 3. The molecular formula is C7H13NOS. The summed E-state index contributed by atoms with van der Waals surface area (Å²) in [6, 6.07) is 0. The van der Waals surface area contributed by atoms with E-state index in [1.165, 1.54) is 0 Å². The molecule has 2 nitrogen and oxygen atoms in total. The summed E-state index contributed by atoms with van der Waals surface area (Å²) < 4.78 is 0. The summed E-state index contributed by atoms with van der Waals surface area (Å²) >= 11 is 1.79. The predicted molar refractivity (Wildman–Crippen MR) is 45.6 cm³/mol. The van der Waals surface area contributed by atoms with Gasteiger partial charge in [-0.2, -0.15) is 0 Å². The molecule has 1 aliphatic heterocycles. The van der Waals surface area contributed by atoms with E-state index in [0.717, 1.165) is 23.8 Å². The quantitative estimate of drug-likeness (QED) is 0.670. The first-order valence-electron chi connectivity index (χ1n) is 3.66. The molecular weight excluding hydrogens is 146 g/mol. The first-order chi connectivity index (χ1) is 4.88. The fourth-order valence-corrected chi connectivity index (χ4v) is 2.03. The van der Waals surface area contributed by atoms with Crippen LogP contribution in [0, 0.1) is 5.92 Å². The maximum absolute atomic E-state index is 8.89. The van der Waals surface area contributed by atoms with Crippen LogP contribution in [0.15, 0.2) is 4.99 Å². The van der Waals surface area contributed by atoms with Gasteiger partial charge >= 0.3 is 0 Å². The molecule has 3 heteroatoms. The van der Waals surface area contributed by atoms with Gasteiger partial charge < -0.3 is 5.11 Å². The molecule has 0 aromatic carbocycles. The number of nitrogens with zero attached hydrogens (tertiary/aromatic N) is 1. The summed E-state index contributed by atoms with van der Waals surface area (Å²) in [6.45, 7) is 3.28. The van der Waals surface area contributed by atoms with Crippen molar-refractivity contribution >= 4 is 16.8 Å². The zero-order valence-electron chi connectivity index (χ0n) is 6.21. The maximum atomic E-state index is 8.89. The van der Waals surface area contributed by atoms with Crippen LogP contribution in [0.2, 0.25) is 0 Å². The zero-order chi connectivity index (χ0) is 7.40. The normalized spacial score (nSPS) is 20.8. The highest BCUT2D eigenvalue weighted by molar-refractivity contribution is 8.14. The summed E-state index contributed by atoms with van der Waals surface area (Å²) in [4.78, 5) is 4.30. The van der Waals surface area contributed by atoms with Crippen LogP contribution in [0.25, 0.3) is 0 Å². The molecule has 0 bridgehead atoms. The summed E-state index contributed by atoms with van der Waals surface area (Å²) in [7, 11) is 0. The Bertz CT molecular complexity index is 132. The van der Waals surface area contributed by atoms with Gasteiger partial charge in [0, 0.05) is 18.2 Å². The second kappa shape index (κ2) is 3.98. The van der Waals surface area contributed by atoms with Gasteiger partial charge in [-0.1, -0.05) is 6.92 Å². The van der Waals surface area contributed by atoms with Crippen LogP contribution >= 0.6 is 11.8 Å². The Labute approximate surface area is 65.7 Å². The molecule has 1 atom stereocenters. The minimum Gasteiger partial charge on any atom is -0.396 e. The van der Waals surface area contributed by atoms with Gasteiger partial charge in [0.1, 0.15) is 0 Å². The van der Waals surface area contributed by atoms with Gasteiger partial charge in [-0.3, -0.25) is 4.99 Å². The predicted octanol–water partition coefficient (Wildman–Crippen LogP) is 1.15. The minimum atomic E-state index is 0.252. The van der Waals surface area contributed by atoms with Gasteiger partial charge in [0.15, 0.2) is 0 Å². The van der Waals surface area contributed by atoms with Crippen molar-refractivity contribution in [3.05, 3.63) is 0 Å². The third kappa shape index (κ3) is 1.73. The van der Waals surface area contributed by atoms with Gasteiger partial charge in [0.25, 0.3) is 0 Å². The smallest absolute Gasteiger partial charge is 0.0730 e. The van der Waals surface area contributed by atoms with Crippen LogP contribution < -0.4 is 0 Å². The Morgan fingerprint density at radius 2 is 2.60 bits per heavy atom. The SMILES string of the molecule is CCC(CO)C1=NCCS1. The molecule has 0 saturated heterocycles. The highest BCUT2D eigenvalue weighted by Crippen LogP contribution is 2.20. The second-order valence-electron chi connectivity index (χ2n) is 2.36. The lowest BCUT2D eigenvalue weighted by Crippen LogP contribution is -2.12. The molecule has 58 valence electrons. The van der Waals surface area contributed by atoms with Crippen LogP contribution in [0.3, 0.4) is 0 Å². The molecule has 1 N–H and O–H groups in total. The topological polar surface area (TPSA) is 32.6 Å². The fraction of sp³-hybridized carbons (Fsp3) is 0.857. The van der Waals surface area contributed by atoms with Crippen LogP contribution in [0.4, 0.5) is 0 Å². The van der Waals surface area contributed by atoms with Crippen LogP contribution in [-0.2, 0) is 0 Å². The number of aliphatic hydroxyl groups is 1. The lowest BCUT2D eigenvalue weighted by molar-refractivity contribution is 0.260. The highest BCUT2D eigenvalue weighted by atomic mass is 32.2. The van der Waals surface area contributed by atoms with Crippen molar-refractivity contribution in [2.45, 2.75) is 13.3 Å². The molecule has 1 heterocycles. The van der Waals surface area contributed by atoms with Crippen molar-refractivity contribution in [2.24, 2.45) is 10.9 Å². The molecule has 0 spiro atoms. The Balaban J connectivity index is 2.44. The molecule has 0 saturated carbocycles. The molecule has 1 unspecified atom stereocenters. The summed E-state index contributed by atoms with van der Waals surface area (Å²) in [5.74, 6) is 1.42. The van der Waals surface area contributed by atoms with Crippen molar-refractivity contribution < 1.29 is 5.11 Å². The second-order valence-corrected chi connectivity index (χ2v) is 3.47. The highest BCUT2D eigenvalue weighted by Gasteiger charge is 2.16. The third-order valence-corrected chi connectivity index (χ3v) is 2.82. The molecule has 0 aromatic heterocycles. The Morgan fingerprint density at radius 3 is 3.00 bits per heavy atom. The first-order valence-corrected chi connectivity index (χ1v) is 4.65. The number of aliphatic imine (C=N–C) groups is 1. The average Bonchev–Trinajstić information content (AvgIpc) is 2.43. The van der Waals surface area contributed by atoms with E-state index in [2.05, 4.69) is 11.9 Å². The Hall–Kier alpha value is -0.0200. The van der Waals surface area contributed by atoms with E-state index in [-0.39, 0.29) is 6.61 Å². The van der Waals surface area contributed by atoms with Crippen molar-refractivity contribution in [1.29, 1.82) is 0 Å². The zero-order valence-corrected chi connectivity index (χ0v) is 7.02. The number of thioether (sulfide) groups is 1. The number of hydrogen-bond donors (Lipinski definition) is 1. The van der Waals surface area contributed by atoms with Gasteiger partial charge in [0.05, 0.1) is 11.7 Å². The Kier molecular flexibility index (Phi) is 3.22. The molecule has 0 amide bonds. The van der Waals surface area contributed by atoms with E-state index in [4.69, 9.17) is 5.11 Å². The van der Waals surface area contributed by atoms with E-state index >= 15 is 0 Å². The average molecular weight is 159 g/mol. The standard InChI is InChI=1S/C7H13NOS/c1-2-6(5-9)7-8-3-4-10-7/h6,9H,2-5H2,1H3. The maximum Gasteiger partial charge on any atom is 0.0730 e. The van der Waals surface area contributed by atoms with E-state index in [9.17, 15) is 0 Å². The summed E-state index contributed by atoms with van der Waals surface area (Å²) in [6.07, 6.45) is 1.00.